The van der Waals surface area contributed by atoms with E-state index in [1.807, 2.05) is 12.1 Å². The van der Waals surface area contributed by atoms with Crippen molar-refractivity contribution in [2.75, 3.05) is 6.61 Å². The molecule has 1 aromatic rings. The van der Waals surface area contributed by atoms with E-state index in [1.165, 1.54) is 5.56 Å². The van der Waals surface area contributed by atoms with Crippen LogP contribution in [0.5, 0.6) is 5.75 Å². The van der Waals surface area contributed by atoms with Crippen LogP contribution in [-0.4, -0.2) is 23.9 Å². The van der Waals surface area contributed by atoms with Gasteiger partial charge in [-0.15, -0.1) is 0 Å². The Morgan fingerprint density at radius 3 is 2.53 bits per heavy atom. The predicted octanol–water partition coefficient (Wildman–Crippen LogP) is 2.72. The fourth-order valence-corrected chi connectivity index (χ4v) is 2.13. The van der Waals surface area contributed by atoms with E-state index in [1.54, 1.807) is 0 Å². The van der Waals surface area contributed by atoms with Crippen LogP contribution in [0.4, 0.5) is 0 Å². The van der Waals surface area contributed by atoms with Crippen LogP contribution in [0.2, 0.25) is 0 Å². The van der Waals surface area contributed by atoms with Gasteiger partial charge in [0, 0.05) is 12.6 Å². The largest absolute Gasteiger partial charge is 0.494 e. The topological polar surface area (TPSA) is 41.5 Å². The van der Waals surface area contributed by atoms with Gasteiger partial charge in [0.25, 0.3) is 0 Å². The third-order valence-electron chi connectivity index (χ3n) is 3.60. The van der Waals surface area contributed by atoms with Gasteiger partial charge in [0.2, 0.25) is 0 Å². The summed E-state index contributed by atoms with van der Waals surface area (Å²) in [5.74, 6) is 1.63. The Bertz CT molecular complexity index is 369. The van der Waals surface area contributed by atoms with Crippen molar-refractivity contribution in [2.24, 2.45) is 5.92 Å². The molecule has 0 spiro atoms. The molecule has 3 nitrogen and oxygen atoms in total. The molecule has 3 heteroatoms. The second-order valence-electron chi connectivity index (χ2n) is 5.88. The van der Waals surface area contributed by atoms with Gasteiger partial charge in [-0.25, -0.2) is 0 Å². The second-order valence-corrected chi connectivity index (χ2v) is 5.88. The zero-order valence-electron chi connectivity index (χ0n) is 11.9. The van der Waals surface area contributed by atoms with Crippen molar-refractivity contribution in [1.82, 2.24) is 5.32 Å². The van der Waals surface area contributed by atoms with Crippen LogP contribution in [0.15, 0.2) is 24.3 Å². The SMILES string of the molecule is CC(C)CCOc1ccc(CNC2CC(O)C2)cc1. The van der Waals surface area contributed by atoms with Crippen molar-refractivity contribution >= 4 is 0 Å². The Balaban J connectivity index is 1.69. The number of rotatable bonds is 7. The predicted molar refractivity (Wildman–Crippen MR) is 77.3 cm³/mol. The van der Waals surface area contributed by atoms with E-state index < -0.39 is 0 Å². The van der Waals surface area contributed by atoms with Gasteiger partial charge in [0.05, 0.1) is 12.7 Å². The highest BCUT2D eigenvalue weighted by atomic mass is 16.5. The van der Waals surface area contributed by atoms with Crippen LogP contribution in [-0.2, 0) is 6.54 Å². The summed E-state index contributed by atoms with van der Waals surface area (Å²) in [7, 11) is 0. The van der Waals surface area contributed by atoms with Crippen molar-refractivity contribution in [3.8, 4) is 5.75 Å². The molecule has 19 heavy (non-hydrogen) atoms. The summed E-state index contributed by atoms with van der Waals surface area (Å²) in [6, 6.07) is 8.76. The van der Waals surface area contributed by atoms with Crippen molar-refractivity contribution in [2.45, 2.75) is 51.8 Å². The van der Waals surface area contributed by atoms with Gasteiger partial charge < -0.3 is 15.2 Å². The molecule has 1 aromatic carbocycles. The lowest BCUT2D eigenvalue weighted by molar-refractivity contribution is 0.0619. The molecule has 0 bridgehead atoms. The highest BCUT2D eigenvalue weighted by Gasteiger charge is 2.26. The molecule has 0 radical (unpaired) electrons. The van der Waals surface area contributed by atoms with E-state index in [-0.39, 0.29) is 6.10 Å². The van der Waals surface area contributed by atoms with Gasteiger partial charge in [-0.05, 0) is 42.9 Å². The lowest BCUT2D eigenvalue weighted by Crippen LogP contribution is -2.43. The number of aliphatic hydroxyl groups is 1. The van der Waals surface area contributed by atoms with Gasteiger partial charge in [-0.2, -0.15) is 0 Å². The first-order valence-electron chi connectivity index (χ1n) is 7.26. The van der Waals surface area contributed by atoms with Crippen molar-refractivity contribution < 1.29 is 9.84 Å². The summed E-state index contributed by atoms with van der Waals surface area (Å²) in [5.41, 5.74) is 1.26. The van der Waals surface area contributed by atoms with Crippen molar-refractivity contribution in [3.63, 3.8) is 0 Å². The Morgan fingerprint density at radius 2 is 1.95 bits per heavy atom. The molecular formula is C16H25NO2. The smallest absolute Gasteiger partial charge is 0.119 e. The molecule has 1 saturated carbocycles. The standard InChI is InChI=1S/C16H25NO2/c1-12(2)7-8-19-16-5-3-13(4-6-16)11-17-14-9-15(18)10-14/h3-6,12,14-15,17-18H,7-11H2,1-2H3. The molecule has 1 fully saturated rings. The molecule has 2 N–H and O–H groups in total. The second kappa shape index (κ2) is 6.92. The summed E-state index contributed by atoms with van der Waals surface area (Å²) in [4.78, 5) is 0. The summed E-state index contributed by atoms with van der Waals surface area (Å²) in [5, 5.41) is 12.7. The molecule has 0 aromatic heterocycles. The van der Waals surface area contributed by atoms with Crippen molar-refractivity contribution in [1.29, 1.82) is 0 Å². The van der Waals surface area contributed by atoms with Gasteiger partial charge in [0.15, 0.2) is 0 Å². The third-order valence-corrected chi connectivity index (χ3v) is 3.60. The number of hydrogen-bond acceptors (Lipinski definition) is 3. The molecule has 1 aliphatic carbocycles. The van der Waals surface area contributed by atoms with E-state index in [2.05, 4.69) is 31.3 Å². The maximum Gasteiger partial charge on any atom is 0.119 e. The Hall–Kier alpha value is -1.06. The zero-order valence-corrected chi connectivity index (χ0v) is 11.9. The molecule has 106 valence electrons. The highest BCUT2D eigenvalue weighted by Crippen LogP contribution is 2.20. The summed E-state index contributed by atoms with van der Waals surface area (Å²) >= 11 is 0. The lowest BCUT2D eigenvalue weighted by atomic mass is 9.89. The molecule has 0 heterocycles. The first-order valence-corrected chi connectivity index (χ1v) is 7.26. The third kappa shape index (κ3) is 4.84. The molecule has 0 saturated heterocycles. The van der Waals surface area contributed by atoms with Gasteiger partial charge in [0.1, 0.15) is 5.75 Å². The van der Waals surface area contributed by atoms with Crippen LogP contribution >= 0.6 is 0 Å². The molecule has 0 aliphatic heterocycles. The van der Waals surface area contributed by atoms with E-state index in [0.717, 1.165) is 38.2 Å². The minimum atomic E-state index is -0.0887. The molecule has 0 atom stereocenters. The Kier molecular flexibility index (Phi) is 5.23. The monoisotopic (exact) mass is 263 g/mol. The molecule has 0 amide bonds. The van der Waals surface area contributed by atoms with Crippen molar-refractivity contribution in [3.05, 3.63) is 29.8 Å². The van der Waals surface area contributed by atoms with Gasteiger partial charge >= 0.3 is 0 Å². The van der Waals surface area contributed by atoms with E-state index in [4.69, 9.17) is 4.74 Å². The Morgan fingerprint density at radius 1 is 1.26 bits per heavy atom. The molecule has 0 unspecified atom stereocenters. The zero-order chi connectivity index (χ0) is 13.7. The van der Waals surface area contributed by atoms with Crippen LogP contribution in [0.1, 0.15) is 38.7 Å². The van der Waals surface area contributed by atoms with Crippen LogP contribution in [0, 0.1) is 5.92 Å². The summed E-state index contributed by atoms with van der Waals surface area (Å²) < 4.78 is 5.69. The van der Waals surface area contributed by atoms with Crippen LogP contribution in [0.25, 0.3) is 0 Å². The number of ether oxygens (including phenoxy) is 1. The quantitative estimate of drug-likeness (QED) is 0.795. The molecular weight excluding hydrogens is 238 g/mol. The average molecular weight is 263 g/mol. The van der Waals surface area contributed by atoms with Gasteiger partial charge in [-0.3, -0.25) is 0 Å². The molecule has 2 rings (SSSR count). The average Bonchev–Trinajstić information content (AvgIpc) is 2.34. The van der Waals surface area contributed by atoms with E-state index in [9.17, 15) is 5.11 Å². The number of benzene rings is 1. The minimum Gasteiger partial charge on any atom is -0.494 e. The first kappa shape index (κ1) is 14.4. The van der Waals surface area contributed by atoms with Gasteiger partial charge in [-0.1, -0.05) is 26.0 Å². The van der Waals surface area contributed by atoms with Crippen LogP contribution < -0.4 is 10.1 Å². The lowest BCUT2D eigenvalue weighted by Gasteiger charge is -2.32. The highest BCUT2D eigenvalue weighted by molar-refractivity contribution is 5.27. The number of hydrogen-bond donors (Lipinski definition) is 2. The number of aliphatic hydroxyl groups excluding tert-OH is 1. The minimum absolute atomic E-state index is 0.0887. The molecule has 1 aliphatic rings. The fraction of sp³-hybridized carbons (Fsp3) is 0.625. The van der Waals surface area contributed by atoms with Crippen LogP contribution in [0.3, 0.4) is 0 Å². The normalized spacial score (nSPS) is 22.3. The summed E-state index contributed by atoms with van der Waals surface area (Å²) in [6.45, 7) is 6.06. The van der Waals surface area contributed by atoms with E-state index >= 15 is 0 Å². The first-order chi connectivity index (χ1) is 9.13. The Labute approximate surface area is 116 Å². The fourth-order valence-electron chi connectivity index (χ4n) is 2.13. The number of nitrogens with one attached hydrogen (secondary N) is 1. The maximum absolute atomic E-state index is 9.22. The summed E-state index contributed by atoms with van der Waals surface area (Å²) in [6.07, 6.45) is 2.77. The maximum atomic E-state index is 9.22. The van der Waals surface area contributed by atoms with E-state index in [0.29, 0.717) is 12.0 Å².